The number of hydrogen-bond donors (Lipinski definition) is 0. The Morgan fingerprint density at radius 2 is 1.90 bits per heavy atom. The molecular weight excluding hydrogens is 407 g/mol. The van der Waals surface area contributed by atoms with Crippen molar-refractivity contribution in [2.45, 2.75) is 45.3 Å². The molecule has 1 unspecified atom stereocenters. The molecule has 3 heterocycles. The number of piperidine rings is 1. The topological polar surface area (TPSA) is 24.3 Å². The van der Waals surface area contributed by atoms with Crippen LogP contribution in [0.15, 0.2) is 47.3 Å². The average Bonchev–Trinajstić information content (AvgIpc) is 3.37. The summed E-state index contributed by atoms with van der Waals surface area (Å²) in [5, 5.41) is 8.94. The molecule has 4 nitrogen and oxygen atoms in total. The Labute approximate surface area is 189 Å². The van der Waals surface area contributed by atoms with Crippen LogP contribution in [0.5, 0.6) is 0 Å². The minimum Gasteiger partial charge on any atom is -0.299 e. The average molecular weight is 441 g/mol. The number of halogens is 1. The normalized spacial score (nSPS) is 16.8. The Bertz CT molecular complexity index is 943. The molecule has 3 aromatic rings. The zero-order valence-corrected chi connectivity index (χ0v) is 19.6. The highest BCUT2D eigenvalue weighted by Crippen LogP contribution is 2.28. The second-order valence-corrected chi connectivity index (χ2v) is 9.75. The summed E-state index contributed by atoms with van der Waals surface area (Å²) in [6, 6.07) is 9.71. The number of likely N-dealkylation sites (N-methyl/N-ethyl adjacent to an activating group) is 1. The van der Waals surface area contributed by atoms with Gasteiger partial charge in [-0.3, -0.25) is 14.5 Å². The van der Waals surface area contributed by atoms with Crippen LogP contribution in [0.3, 0.4) is 0 Å². The molecule has 0 radical (unpaired) electrons. The van der Waals surface area contributed by atoms with E-state index in [1.54, 1.807) is 23.5 Å². The number of rotatable bonds is 8. The van der Waals surface area contributed by atoms with E-state index in [0.717, 1.165) is 38.3 Å². The minimum atomic E-state index is -0.165. The first kappa shape index (κ1) is 22.2. The summed E-state index contributed by atoms with van der Waals surface area (Å²) in [7, 11) is 4.22. The van der Waals surface area contributed by atoms with Gasteiger partial charge in [-0.25, -0.2) is 4.39 Å². The number of aromatic nitrogens is 2. The Balaban J connectivity index is 1.45. The number of nitrogens with zero attached hydrogens (tertiary/aromatic N) is 4. The van der Waals surface area contributed by atoms with Gasteiger partial charge in [0.25, 0.3) is 0 Å². The molecular formula is C25H33FN4S. The van der Waals surface area contributed by atoms with Crippen molar-refractivity contribution in [2.75, 3.05) is 20.1 Å². The predicted octanol–water partition coefficient (Wildman–Crippen LogP) is 4.88. The number of hydrogen-bond acceptors (Lipinski definition) is 4. The molecule has 0 spiro atoms. The van der Waals surface area contributed by atoms with Crippen molar-refractivity contribution in [3.8, 4) is 0 Å². The summed E-state index contributed by atoms with van der Waals surface area (Å²) in [6.45, 7) is 6.31. The fourth-order valence-corrected chi connectivity index (χ4v) is 5.53. The van der Waals surface area contributed by atoms with Gasteiger partial charge in [0.05, 0.1) is 5.69 Å². The van der Waals surface area contributed by atoms with Crippen LogP contribution < -0.4 is 0 Å². The highest BCUT2D eigenvalue weighted by molar-refractivity contribution is 7.07. The first-order valence-electron chi connectivity index (χ1n) is 11.1. The van der Waals surface area contributed by atoms with E-state index in [4.69, 9.17) is 0 Å². The van der Waals surface area contributed by atoms with E-state index < -0.39 is 0 Å². The lowest BCUT2D eigenvalue weighted by Crippen LogP contribution is -2.45. The lowest BCUT2D eigenvalue weighted by atomic mass is 9.84. The van der Waals surface area contributed by atoms with Crippen LogP contribution in [0.4, 0.5) is 4.39 Å². The number of aryl methyl sites for hydroxylation is 2. The van der Waals surface area contributed by atoms with Gasteiger partial charge in [0.2, 0.25) is 0 Å². The summed E-state index contributed by atoms with van der Waals surface area (Å²) < 4.78 is 15.3. The third-order valence-corrected chi connectivity index (χ3v) is 7.35. The smallest absolute Gasteiger partial charge is 0.123 e. The molecule has 0 amide bonds. The SMILES string of the molecule is Cc1nn(C)cc1CN(C)C(Cc1ccc(F)cc1)C1CCN(Cc2ccsc2)CC1. The van der Waals surface area contributed by atoms with E-state index in [2.05, 4.69) is 51.9 Å². The Kier molecular flexibility index (Phi) is 7.20. The van der Waals surface area contributed by atoms with Crippen LogP contribution in [-0.4, -0.2) is 45.8 Å². The molecule has 1 aliphatic rings. The van der Waals surface area contributed by atoms with Crippen molar-refractivity contribution in [1.29, 1.82) is 0 Å². The van der Waals surface area contributed by atoms with E-state index in [1.807, 2.05) is 23.9 Å². The minimum absolute atomic E-state index is 0.165. The standard InChI is InChI=1S/C25H33FN4S/c1-19-23(17-29(3)27-19)16-28(2)25(14-20-4-6-24(26)7-5-20)22-8-11-30(12-9-22)15-21-10-13-31-18-21/h4-7,10,13,17-18,22,25H,8-9,11-12,14-16H2,1-3H3. The lowest BCUT2D eigenvalue weighted by Gasteiger charge is -2.40. The molecule has 1 fully saturated rings. The number of thiophene rings is 1. The predicted molar refractivity (Wildman–Crippen MR) is 126 cm³/mol. The number of likely N-dealkylation sites (tertiary alicyclic amines) is 1. The molecule has 1 aliphatic heterocycles. The first-order chi connectivity index (χ1) is 15.0. The van der Waals surface area contributed by atoms with E-state index in [0.29, 0.717) is 12.0 Å². The van der Waals surface area contributed by atoms with Gasteiger partial charge in [-0.1, -0.05) is 12.1 Å². The molecule has 0 N–H and O–H groups in total. The van der Waals surface area contributed by atoms with Gasteiger partial charge in [0, 0.05) is 37.9 Å². The maximum Gasteiger partial charge on any atom is 0.123 e. The van der Waals surface area contributed by atoms with Gasteiger partial charge in [-0.15, -0.1) is 0 Å². The molecule has 6 heteroatoms. The first-order valence-corrected chi connectivity index (χ1v) is 12.1. The zero-order valence-electron chi connectivity index (χ0n) is 18.8. The third-order valence-electron chi connectivity index (χ3n) is 6.62. The molecule has 1 aromatic carbocycles. The molecule has 1 atom stereocenters. The van der Waals surface area contributed by atoms with Gasteiger partial charge in [-0.2, -0.15) is 16.4 Å². The quantitative estimate of drug-likeness (QED) is 0.499. The van der Waals surface area contributed by atoms with Crippen molar-refractivity contribution in [1.82, 2.24) is 19.6 Å². The van der Waals surface area contributed by atoms with Crippen LogP contribution in [0, 0.1) is 18.7 Å². The van der Waals surface area contributed by atoms with Gasteiger partial charge >= 0.3 is 0 Å². The monoisotopic (exact) mass is 440 g/mol. The largest absolute Gasteiger partial charge is 0.299 e. The zero-order chi connectivity index (χ0) is 21.8. The van der Waals surface area contributed by atoms with Crippen LogP contribution in [0.2, 0.25) is 0 Å². The van der Waals surface area contributed by atoms with Crippen molar-refractivity contribution in [3.63, 3.8) is 0 Å². The van der Waals surface area contributed by atoms with Crippen molar-refractivity contribution in [2.24, 2.45) is 13.0 Å². The van der Waals surface area contributed by atoms with Crippen LogP contribution in [0.25, 0.3) is 0 Å². The summed E-state index contributed by atoms with van der Waals surface area (Å²) in [4.78, 5) is 5.07. The second-order valence-electron chi connectivity index (χ2n) is 8.97. The van der Waals surface area contributed by atoms with Crippen molar-refractivity contribution in [3.05, 3.63) is 75.5 Å². The summed E-state index contributed by atoms with van der Waals surface area (Å²) in [5.41, 5.74) is 5.02. The Morgan fingerprint density at radius 1 is 1.16 bits per heavy atom. The molecule has 31 heavy (non-hydrogen) atoms. The molecule has 4 rings (SSSR count). The fraction of sp³-hybridized carbons (Fsp3) is 0.480. The molecule has 166 valence electrons. The van der Waals surface area contributed by atoms with Crippen LogP contribution in [-0.2, 0) is 26.6 Å². The molecule has 1 saturated heterocycles. The molecule has 0 saturated carbocycles. The summed E-state index contributed by atoms with van der Waals surface area (Å²) in [5.74, 6) is 0.465. The summed E-state index contributed by atoms with van der Waals surface area (Å²) in [6.07, 6.45) is 5.48. The molecule has 2 aromatic heterocycles. The van der Waals surface area contributed by atoms with Gasteiger partial charge in [-0.05, 0) is 92.3 Å². The second kappa shape index (κ2) is 10.1. The van der Waals surface area contributed by atoms with Gasteiger partial charge < -0.3 is 0 Å². The molecule has 0 aliphatic carbocycles. The lowest BCUT2D eigenvalue weighted by molar-refractivity contribution is 0.0953. The van der Waals surface area contributed by atoms with E-state index >= 15 is 0 Å². The van der Waals surface area contributed by atoms with E-state index in [9.17, 15) is 4.39 Å². The van der Waals surface area contributed by atoms with Crippen LogP contribution in [0.1, 0.15) is 35.2 Å². The van der Waals surface area contributed by atoms with Crippen molar-refractivity contribution < 1.29 is 4.39 Å². The van der Waals surface area contributed by atoms with Crippen molar-refractivity contribution >= 4 is 11.3 Å². The Hall–Kier alpha value is -2.02. The maximum absolute atomic E-state index is 13.4. The van der Waals surface area contributed by atoms with Gasteiger partial charge in [0.1, 0.15) is 5.82 Å². The number of benzene rings is 1. The fourth-order valence-electron chi connectivity index (χ4n) is 4.87. The van der Waals surface area contributed by atoms with E-state index in [-0.39, 0.29) is 5.82 Å². The Morgan fingerprint density at radius 3 is 2.52 bits per heavy atom. The highest BCUT2D eigenvalue weighted by Gasteiger charge is 2.30. The van der Waals surface area contributed by atoms with Crippen LogP contribution >= 0.6 is 11.3 Å². The summed E-state index contributed by atoms with van der Waals surface area (Å²) >= 11 is 1.78. The maximum atomic E-state index is 13.4. The van der Waals surface area contributed by atoms with Gasteiger partial charge in [0.15, 0.2) is 0 Å². The van der Waals surface area contributed by atoms with E-state index in [1.165, 1.54) is 29.5 Å². The molecule has 0 bridgehead atoms. The highest BCUT2D eigenvalue weighted by atomic mass is 32.1. The third kappa shape index (κ3) is 5.82.